The van der Waals surface area contributed by atoms with Gasteiger partial charge in [-0.1, -0.05) is 0 Å². The molecule has 0 bridgehead atoms. The average Bonchev–Trinajstić information content (AvgIpc) is 3.05. The number of halogens is 2. The van der Waals surface area contributed by atoms with Gasteiger partial charge in [-0.25, -0.2) is 8.78 Å². The summed E-state index contributed by atoms with van der Waals surface area (Å²) < 4.78 is 36.3. The normalized spacial score (nSPS) is 11.9. The summed E-state index contributed by atoms with van der Waals surface area (Å²) in [5.41, 5.74) is 0.524. The number of fused-ring (bicyclic) bond motifs is 1. The number of nitrogens with one attached hydrogen (secondary N) is 2. The molecule has 25 heavy (non-hydrogen) atoms. The topological polar surface area (TPSA) is 76.7 Å². The third-order valence-electron chi connectivity index (χ3n) is 3.48. The summed E-state index contributed by atoms with van der Waals surface area (Å²) in [5, 5.41) is 5.14. The molecule has 6 nitrogen and oxygen atoms in total. The standard InChI is InChI=1S/C17H14F2N2O4/c18-12-3-1-10(7-13(12)19)17(23)20-6-5-16(22)21-11-2-4-14-15(8-11)25-9-24-14/h1-4,7-8H,5-6,9H2,(H,20,23)(H,21,22). The predicted octanol–water partition coefficient (Wildman–Crippen LogP) is 2.45. The molecular formula is C17H14F2N2O4. The van der Waals surface area contributed by atoms with Crippen molar-refractivity contribution in [3.63, 3.8) is 0 Å². The fourth-order valence-corrected chi connectivity index (χ4v) is 2.23. The van der Waals surface area contributed by atoms with Gasteiger partial charge in [-0.2, -0.15) is 0 Å². The van der Waals surface area contributed by atoms with Gasteiger partial charge in [-0.15, -0.1) is 0 Å². The third kappa shape index (κ3) is 4.03. The Morgan fingerprint density at radius 1 is 1.00 bits per heavy atom. The minimum Gasteiger partial charge on any atom is -0.454 e. The van der Waals surface area contributed by atoms with Crippen molar-refractivity contribution in [2.75, 3.05) is 18.7 Å². The Kier molecular flexibility index (Phi) is 4.78. The number of carbonyl (C=O) groups excluding carboxylic acids is 2. The van der Waals surface area contributed by atoms with Crippen LogP contribution in [-0.2, 0) is 4.79 Å². The highest BCUT2D eigenvalue weighted by molar-refractivity contribution is 5.95. The second kappa shape index (κ2) is 7.16. The Hall–Kier alpha value is -3.16. The molecule has 2 amide bonds. The lowest BCUT2D eigenvalue weighted by atomic mass is 10.2. The van der Waals surface area contributed by atoms with E-state index in [2.05, 4.69) is 10.6 Å². The fraction of sp³-hybridized carbons (Fsp3) is 0.176. The molecule has 0 fully saturated rings. The minimum atomic E-state index is -1.10. The highest BCUT2D eigenvalue weighted by Crippen LogP contribution is 2.34. The van der Waals surface area contributed by atoms with Crippen molar-refractivity contribution >= 4 is 17.5 Å². The summed E-state index contributed by atoms with van der Waals surface area (Å²) in [6.07, 6.45) is 0.0177. The molecule has 0 atom stereocenters. The van der Waals surface area contributed by atoms with Gasteiger partial charge in [-0.05, 0) is 30.3 Å². The lowest BCUT2D eigenvalue weighted by molar-refractivity contribution is -0.116. The fourth-order valence-electron chi connectivity index (χ4n) is 2.23. The first-order valence-electron chi connectivity index (χ1n) is 7.45. The molecule has 8 heteroatoms. The Balaban J connectivity index is 1.47. The first-order valence-corrected chi connectivity index (χ1v) is 7.45. The van der Waals surface area contributed by atoms with E-state index in [0.29, 0.717) is 17.2 Å². The van der Waals surface area contributed by atoms with Crippen molar-refractivity contribution in [3.05, 3.63) is 53.6 Å². The van der Waals surface area contributed by atoms with E-state index < -0.39 is 17.5 Å². The Morgan fingerprint density at radius 3 is 2.60 bits per heavy atom. The van der Waals surface area contributed by atoms with Gasteiger partial charge < -0.3 is 20.1 Å². The molecule has 0 saturated heterocycles. The van der Waals surface area contributed by atoms with E-state index in [1.165, 1.54) is 6.07 Å². The number of anilines is 1. The number of hydrogen-bond donors (Lipinski definition) is 2. The Bertz CT molecular complexity index is 826. The SMILES string of the molecule is O=C(CCNC(=O)c1ccc(F)c(F)c1)Nc1ccc2c(c1)OCO2. The maximum absolute atomic E-state index is 13.1. The monoisotopic (exact) mass is 348 g/mol. The van der Waals surface area contributed by atoms with Crippen LogP contribution in [0.1, 0.15) is 16.8 Å². The number of ether oxygens (including phenoxy) is 2. The second-order valence-electron chi connectivity index (χ2n) is 5.25. The van der Waals surface area contributed by atoms with E-state index in [0.717, 1.165) is 12.1 Å². The van der Waals surface area contributed by atoms with Crippen LogP contribution in [0.15, 0.2) is 36.4 Å². The molecular weight excluding hydrogens is 334 g/mol. The molecule has 0 unspecified atom stereocenters. The second-order valence-corrected chi connectivity index (χ2v) is 5.25. The highest BCUT2D eigenvalue weighted by Gasteiger charge is 2.14. The Labute approximate surface area is 141 Å². The van der Waals surface area contributed by atoms with Crippen LogP contribution >= 0.6 is 0 Å². The summed E-state index contributed by atoms with van der Waals surface area (Å²) in [7, 11) is 0. The van der Waals surface area contributed by atoms with Gasteiger partial charge in [0.25, 0.3) is 5.91 Å². The summed E-state index contributed by atoms with van der Waals surface area (Å²) in [4.78, 5) is 23.7. The largest absolute Gasteiger partial charge is 0.454 e. The van der Waals surface area contributed by atoms with Crippen LogP contribution in [0.5, 0.6) is 11.5 Å². The average molecular weight is 348 g/mol. The number of benzene rings is 2. The first kappa shape index (κ1) is 16.7. The molecule has 2 N–H and O–H groups in total. The van der Waals surface area contributed by atoms with Crippen LogP contribution in [0.3, 0.4) is 0 Å². The van der Waals surface area contributed by atoms with E-state index >= 15 is 0 Å². The molecule has 130 valence electrons. The maximum Gasteiger partial charge on any atom is 0.251 e. The van der Waals surface area contributed by atoms with Crippen LogP contribution in [0, 0.1) is 11.6 Å². The molecule has 0 spiro atoms. The lowest BCUT2D eigenvalue weighted by Crippen LogP contribution is -2.27. The molecule has 3 rings (SSSR count). The van der Waals surface area contributed by atoms with E-state index in [1.807, 2.05) is 0 Å². The molecule has 1 aliphatic heterocycles. The molecule has 1 heterocycles. The van der Waals surface area contributed by atoms with E-state index in [9.17, 15) is 18.4 Å². The summed E-state index contributed by atoms with van der Waals surface area (Å²) in [6, 6.07) is 7.84. The minimum absolute atomic E-state index is 0.0177. The highest BCUT2D eigenvalue weighted by atomic mass is 19.2. The van der Waals surface area contributed by atoms with Gasteiger partial charge in [0.1, 0.15) is 0 Å². The first-order chi connectivity index (χ1) is 12.0. The van der Waals surface area contributed by atoms with Crippen molar-refractivity contribution in [3.8, 4) is 11.5 Å². The molecule has 0 saturated carbocycles. The van der Waals surface area contributed by atoms with Gasteiger partial charge in [0.2, 0.25) is 12.7 Å². The molecule has 0 radical (unpaired) electrons. The van der Waals surface area contributed by atoms with Gasteiger partial charge in [0.05, 0.1) is 0 Å². The zero-order chi connectivity index (χ0) is 17.8. The van der Waals surface area contributed by atoms with Crippen molar-refractivity contribution in [2.24, 2.45) is 0 Å². The van der Waals surface area contributed by atoms with Gasteiger partial charge >= 0.3 is 0 Å². The van der Waals surface area contributed by atoms with Crippen LogP contribution in [0.25, 0.3) is 0 Å². The number of amides is 2. The van der Waals surface area contributed by atoms with Crippen molar-refractivity contribution in [1.82, 2.24) is 5.32 Å². The summed E-state index contributed by atoms with van der Waals surface area (Å²) in [6.45, 7) is 0.191. The molecule has 2 aromatic rings. The van der Waals surface area contributed by atoms with E-state index in [4.69, 9.17) is 9.47 Å². The number of rotatable bonds is 5. The van der Waals surface area contributed by atoms with Crippen molar-refractivity contribution in [2.45, 2.75) is 6.42 Å². The molecule has 0 aromatic heterocycles. The van der Waals surface area contributed by atoms with Crippen LogP contribution in [-0.4, -0.2) is 25.2 Å². The number of hydrogen-bond acceptors (Lipinski definition) is 4. The van der Waals surface area contributed by atoms with Gasteiger partial charge in [0.15, 0.2) is 23.1 Å². The maximum atomic E-state index is 13.1. The van der Waals surface area contributed by atoms with Crippen molar-refractivity contribution < 1.29 is 27.8 Å². The van der Waals surface area contributed by atoms with E-state index in [1.54, 1.807) is 18.2 Å². The quantitative estimate of drug-likeness (QED) is 0.870. The smallest absolute Gasteiger partial charge is 0.251 e. The molecule has 2 aromatic carbocycles. The number of carbonyl (C=O) groups is 2. The zero-order valence-electron chi connectivity index (χ0n) is 13.0. The zero-order valence-corrected chi connectivity index (χ0v) is 13.0. The lowest BCUT2D eigenvalue weighted by Gasteiger charge is -2.08. The van der Waals surface area contributed by atoms with Gasteiger partial charge in [-0.3, -0.25) is 9.59 Å². The predicted molar refractivity (Wildman–Crippen MR) is 84.5 cm³/mol. The van der Waals surface area contributed by atoms with Crippen LogP contribution in [0.4, 0.5) is 14.5 Å². The molecule has 0 aliphatic carbocycles. The van der Waals surface area contributed by atoms with Crippen LogP contribution < -0.4 is 20.1 Å². The third-order valence-corrected chi connectivity index (χ3v) is 3.48. The van der Waals surface area contributed by atoms with Crippen LogP contribution in [0.2, 0.25) is 0 Å². The summed E-state index contributed by atoms with van der Waals surface area (Å²) >= 11 is 0. The Morgan fingerprint density at radius 2 is 1.80 bits per heavy atom. The van der Waals surface area contributed by atoms with Crippen molar-refractivity contribution in [1.29, 1.82) is 0 Å². The van der Waals surface area contributed by atoms with Gasteiger partial charge in [0, 0.05) is 30.3 Å². The van der Waals surface area contributed by atoms with E-state index in [-0.39, 0.29) is 31.2 Å². The molecule has 1 aliphatic rings. The summed E-state index contributed by atoms with van der Waals surface area (Å²) in [5.74, 6) is -1.88.